The summed E-state index contributed by atoms with van der Waals surface area (Å²) in [5.41, 5.74) is 1.07. The SMILES string of the molecule is CCCCN(CC(=O)N(CCc1ccc(OC)c(OC)c1)Cc1cccs1)C(=O)C1CC1. The summed E-state index contributed by atoms with van der Waals surface area (Å²) in [5.74, 6) is 1.64. The summed E-state index contributed by atoms with van der Waals surface area (Å²) in [6.45, 7) is 4.05. The standard InChI is InChI=1S/C25H34N2O4S/c1-4-5-13-27(25(29)20-9-10-20)18-24(28)26(17-21-7-6-15-32-21)14-12-19-8-11-22(30-2)23(16-19)31-3/h6-8,11,15-16,20H,4-5,9-10,12-14,17-18H2,1-3H3. The third kappa shape index (κ3) is 6.73. The van der Waals surface area contributed by atoms with Crippen LogP contribution in [0.2, 0.25) is 0 Å². The number of carbonyl (C=O) groups excluding carboxylic acids is 2. The minimum Gasteiger partial charge on any atom is -0.493 e. The predicted octanol–water partition coefficient (Wildman–Crippen LogP) is 4.38. The monoisotopic (exact) mass is 458 g/mol. The first-order chi connectivity index (χ1) is 15.5. The molecule has 1 aliphatic carbocycles. The average molecular weight is 459 g/mol. The summed E-state index contributed by atoms with van der Waals surface area (Å²) in [5, 5.41) is 2.02. The van der Waals surface area contributed by atoms with Gasteiger partial charge < -0.3 is 19.3 Å². The van der Waals surface area contributed by atoms with Gasteiger partial charge in [-0.15, -0.1) is 11.3 Å². The molecule has 0 aliphatic heterocycles. The van der Waals surface area contributed by atoms with Crippen molar-refractivity contribution in [1.29, 1.82) is 0 Å². The highest BCUT2D eigenvalue weighted by Gasteiger charge is 2.34. The number of amides is 2. The minimum atomic E-state index is 0.00368. The summed E-state index contributed by atoms with van der Waals surface area (Å²) in [7, 11) is 3.24. The summed E-state index contributed by atoms with van der Waals surface area (Å²) < 4.78 is 10.7. The zero-order valence-electron chi connectivity index (χ0n) is 19.3. The van der Waals surface area contributed by atoms with Gasteiger partial charge in [0.2, 0.25) is 11.8 Å². The van der Waals surface area contributed by atoms with Crippen molar-refractivity contribution in [3.63, 3.8) is 0 Å². The molecule has 1 aliphatic rings. The van der Waals surface area contributed by atoms with E-state index in [2.05, 4.69) is 6.92 Å². The highest BCUT2D eigenvalue weighted by molar-refractivity contribution is 7.09. The molecule has 2 aromatic rings. The van der Waals surface area contributed by atoms with Gasteiger partial charge in [-0.25, -0.2) is 0 Å². The Morgan fingerprint density at radius 2 is 1.84 bits per heavy atom. The van der Waals surface area contributed by atoms with Crippen molar-refractivity contribution in [2.24, 2.45) is 5.92 Å². The van der Waals surface area contributed by atoms with E-state index in [0.29, 0.717) is 37.6 Å². The van der Waals surface area contributed by atoms with Gasteiger partial charge in [-0.1, -0.05) is 25.5 Å². The number of nitrogens with zero attached hydrogens (tertiary/aromatic N) is 2. The molecule has 7 heteroatoms. The molecule has 0 radical (unpaired) electrons. The van der Waals surface area contributed by atoms with Gasteiger partial charge in [-0.3, -0.25) is 9.59 Å². The van der Waals surface area contributed by atoms with Crippen LogP contribution in [0.4, 0.5) is 0 Å². The lowest BCUT2D eigenvalue weighted by Gasteiger charge is -2.28. The highest BCUT2D eigenvalue weighted by atomic mass is 32.1. The quantitative estimate of drug-likeness (QED) is 0.447. The molecule has 174 valence electrons. The van der Waals surface area contributed by atoms with Gasteiger partial charge in [-0.2, -0.15) is 0 Å². The Kier molecular flexibility index (Phi) is 8.97. The average Bonchev–Trinajstić information content (AvgIpc) is 3.54. The number of ether oxygens (including phenoxy) is 2. The molecule has 0 N–H and O–H groups in total. The molecule has 0 unspecified atom stereocenters. The van der Waals surface area contributed by atoms with E-state index >= 15 is 0 Å². The molecule has 1 aromatic carbocycles. The van der Waals surface area contributed by atoms with Gasteiger partial charge >= 0.3 is 0 Å². The van der Waals surface area contributed by atoms with E-state index in [-0.39, 0.29) is 24.3 Å². The van der Waals surface area contributed by atoms with Gasteiger partial charge in [0.1, 0.15) is 0 Å². The predicted molar refractivity (Wildman–Crippen MR) is 127 cm³/mol. The largest absolute Gasteiger partial charge is 0.493 e. The van der Waals surface area contributed by atoms with Crippen LogP contribution in [-0.4, -0.2) is 55.5 Å². The molecule has 1 saturated carbocycles. The molecule has 1 fully saturated rings. The minimum absolute atomic E-state index is 0.00368. The topological polar surface area (TPSA) is 59.1 Å². The van der Waals surface area contributed by atoms with Gasteiger partial charge in [0.05, 0.1) is 27.3 Å². The van der Waals surface area contributed by atoms with Crippen LogP contribution in [0.1, 0.15) is 43.0 Å². The van der Waals surface area contributed by atoms with Crippen molar-refractivity contribution in [3.8, 4) is 11.5 Å². The second-order valence-electron chi connectivity index (χ2n) is 8.22. The third-order valence-electron chi connectivity index (χ3n) is 5.74. The number of carbonyl (C=O) groups is 2. The Hall–Kier alpha value is -2.54. The number of unbranched alkanes of at least 4 members (excludes halogenated alkanes) is 1. The highest BCUT2D eigenvalue weighted by Crippen LogP contribution is 2.31. The summed E-state index contributed by atoms with van der Waals surface area (Å²) in [6, 6.07) is 9.89. The van der Waals surface area contributed by atoms with Crippen LogP contribution in [0.5, 0.6) is 11.5 Å². The van der Waals surface area contributed by atoms with Gasteiger partial charge in [-0.05, 0) is 54.8 Å². The lowest BCUT2D eigenvalue weighted by Crippen LogP contribution is -2.44. The van der Waals surface area contributed by atoms with E-state index in [4.69, 9.17) is 9.47 Å². The molecule has 1 aromatic heterocycles. The fraction of sp³-hybridized carbons (Fsp3) is 0.520. The molecule has 1 heterocycles. The Morgan fingerprint density at radius 1 is 1.06 bits per heavy atom. The molecule has 32 heavy (non-hydrogen) atoms. The first kappa shape index (κ1) is 24.1. The van der Waals surface area contributed by atoms with Crippen LogP contribution < -0.4 is 9.47 Å². The van der Waals surface area contributed by atoms with Crippen molar-refractivity contribution in [2.75, 3.05) is 33.9 Å². The summed E-state index contributed by atoms with van der Waals surface area (Å²) >= 11 is 1.64. The van der Waals surface area contributed by atoms with E-state index in [9.17, 15) is 9.59 Å². The summed E-state index contributed by atoms with van der Waals surface area (Å²) in [6.07, 6.45) is 4.52. The van der Waals surface area contributed by atoms with Crippen LogP contribution in [0.3, 0.4) is 0 Å². The van der Waals surface area contributed by atoms with Crippen molar-refractivity contribution in [3.05, 3.63) is 46.2 Å². The van der Waals surface area contributed by atoms with Crippen molar-refractivity contribution in [1.82, 2.24) is 9.80 Å². The molecule has 0 spiro atoms. The second-order valence-corrected chi connectivity index (χ2v) is 9.25. The van der Waals surface area contributed by atoms with Crippen LogP contribution >= 0.6 is 11.3 Å². The van der Waals surface area contributed by atoms with Crippen LogP contribution in [0.25, 0.3) is 0 Å². The smallest absolute Gasteiger partial charge is 0.242 e. The van der Waals surface area contributed by atoms with E-state index in [1.807, 2.05) is 40.6 Å². The van der Waals surface area contributed by atoms with E-state index in [1.54, 1.807) is 30.5 Å². The van der Waals surface area contributed by atoms with E-state index in [0.717, 1.165) is 36.1 Å². The number of hydrogen-bond donors (Lipinski definition) is 0. The number of methoxy groups -OCH3 is 2. The van der Waals surface area contributed by atoms with Crippen molar-refractivity contribution in [2.45, 2.75) is 45.6 Å². The normalized spacial score (nSPS) is 13.0. The molecular weight excluding hydrogens is 424 g/mol. The van der Waals surface area contributed by atoms with Crippen LogP contribution in [0, 0.1) is 5.92 Å². The second kappa shape index (κ2) is 11.9. The van der Waals surface area contributed by atoms with Crippen LogP contribution in [0.15, 0.2) is 35.7 Å². The molecule has 0 saturated heterocycles. The van der Waals surface area contributed by atoms with Gasteiger partial charge in [0.25, 0.3) is 0 Å². The summed E-state index contributed by atoms with van der Waals surface area (Å²) in [4.78, 5) is 30.8. The zero-order chi connectivity index (χ0) is 22.9. The molecule has 0 bridgehead atoms. The Morgan fingerprint density at radius 3 is 2.47 bits per heavy atom. The number of thiophene rings is 1. The lowest BCUT2D eigenvalue weighted by atomic mass is 10.1. The lowest BCUT2D eigenvalue weighted by molar-refractivity contribution is -0.141. The first-order valence-corrected chi connectivity index (χ1v) is 12.2. The number of benzene rings is 1. The molecule has 0 atom stereocenters. The molecule has 3 rings (SSSR count). The zero-order valence-corrected chi connectivity index (χ0v) is 20.2. The number of hydrogen-bond acceptors (Lipinski definition) is 5. The van der Waals surface area contributed by atoms with Crippen LogP contribution in [-0.2, 0) is 22.6 Å². The fourth-order valence-electron chi connectivity index (χ4n) is 3.65. The van der Waals surface area contributed by atoms with Crippen molar-refractivity contribution < 1.29 is 19.1 Å². The van der Waals surface area contributed by atoms with E-state index in [1.165, 1.54) is 0 Å². The number of rotatable bonds is 13. The maximum absolute atomic E-state index is 13.3. The third-order valence-corrected chi connectivity index (χ3v) is 6.60. The molecule has 2 amide bonds. The van der Waals surface area contributed by atoms with Gasteiger partial charge in [0, 0.05) is 23.9 Å². The fourth-order valence-corrected chi connectivity index (χ4v) is 4.37. The van der Waals surface area contributed by atoms with Crippen molar-refractivity contribution >= 4 is 23.2 Å². The maximum Gasteiger partial charge on any atom is 0.242 e. The first-order valence-electron chi connectivity index (χ1n) is 11.4. The Balaban J connectivity index is 1.69. The molecule has 6 nitrogen and oxygen atoms in total. The van der Waals surface area contributed by atoms with Gasteiger partial charge in [0.15, 0.2) is 11.5 Å². The Bertz CT molecular complexity index is 880. The van der Waals surface area contributed by atoms with E-state index < -0.39 is 0 Å². The maximum atomic E-state index is 13.3. The molecular formula is C25H34N2O4S. The Labute approximate surface area is 195 Å².